The Kier molecular flexibility index (Phi) is 5.13. The van der Waals surface area contributed by atoms with Crippen LogP contribution in [0.5, 0.6) is 0 Å². The Morgan fingerprint density at radius 3 is 2.30 bits per heavy atom. The number of likely N-dealkylation sites (N-methyl/N-ethyl adjacent to an activating group) is 1. The van der Waals surface area contributed by atoms with Crippen LogP contribution in [0, 0.1) is 6.92 Å². The average molecular weight is 409 g/mol. The average Bonchev–Trinajstić information content (AvgIpc) is 3.19. The number of amides is 4. The maximum Gasteiger partial charge on any atom is 0.327 e. The molecule has 0 radical (unpaired) electrons. The van der Waals surface area contributed by atoms with E-state index in [1.54, 1.807) is 9.80 Å². The molecule has 0 aliphatic carbocycles. The highest BCUT2D eigenvalue weighted by Gasteiger charge is 2.57. The molecule has 0 atom stereocenters. The van der Waals surface area contributed by atoms with Crippen molar-refractivity contribution in [3.05, 3.63) is 59.4 Å². The minimum absolute atomic E-state index is 0.0123. The smallest absolute Gasteiger partial charge is 0.327 e. The summed E-state index contributed by atoms with van der Waals surface area (Å²) in [4.78, 5) is 44.2. The zero-order valence-electron chi connectivity index (χ0n) is 17.8. The van der Waals surface area contributed by atoms with Gasteiger partial charge in [-0.15, -0.1) is 0 Å². The van der Waals surface area contributed by atoms with Crippen LogP contribution in [-0.4, -0.2) is 62.3 Å². The van der Waals surface area contributed by atoms with Crippen molar-refractivity contribution in [2.75, 3.05) is 19.6 Å². The molecule has 0 bridgehead atoms. The predicted octanol–water partition coefficient (Wildman–Crippen LogP) is 2.79. The summed E-state index contributed by atoms with van der Waals surface area (Å²) in [5.74, 6) is -0.143. The van der Waals surface area contributed by atoms with E-state index in [1.165, 1.54) is 4.90 Å². The number of carbonyl (C=O) groups is 3. The summed E-state index contributed by atoms with van der Waals surface area (Å²) in [6.07, 6.45) is 2.80. The Morgan fingerprint density at radius 2 is 1.73 bits per heavy atom. The molecule has 2 fully saturated rings. The van der Waals surface area contributed by atoms with Crippen molar-refractivity contribution in [3.8, 4) is 0 Å². The molecule has 2 aromatic rings. The van der Waals surface area contributed by atoms with Crippen molar-refractivity contribution in [3.63, 3.8) is 0 Å². The molecule has 1 aromatic carbocycles. The van der Waals surface area contributed by atoms with Crippen molar-refractivity contribution in [2.24, 2.45) is 7.05 Å². The van der Waals surface area contributed by atoms with Gasteiger partial charge in [-0.1, -0.05) is 30.3 Å². The van der Waals surface area contributed by atoms with Crippen molar-refractivity contribution in [1.82, 2.24) is 19.3 Å². The number of nitrogens with zero attached hydrogens (tertiary/aromatic N) is 4. The third-order valence-corrected chi connectivity index (χ3v) is 6.61. The molecule has 158 valence electrons. The lowest BCUT2D eigenvalue weighted by Crippen LogP contribution is -2.57. The van der Waals surface area contributed by atoms with Gasteiger partial charge in [-0.05, 0) is 38.3 Å². The summed E-state index contributed by atoms with van der Waals surface area (Å²) in [7, 11) is 1.92. The second kappa shape index (κ2) is 7.63. The number of aryl methyl sites for hydroxylation is 1. The van der Waals surface area contributed by atoms with E-state index >= 15 is 0 Å². The number of urea groups is 1. The molecular weight excluding hydrogens is 380 g/mol. The van der Waals surface area contributed by atoms with Crippen molar-refractivity contribution in [2.45, 2.75) is 38.8 Å². The van der Waals surface area contributed by atoms with Crippen molar-refractivity contribution < 1.29 is 14.4 Å². The molecule has 4 rings (SSSR count). The minimum atomic E-state index is -0.870. The Labute approximate surface area is 176 Å². The number of hydrogen-bond acceptors (Lipinski definition) is 3. The first-order valence-electron chi connectivity index (χ1n) is 10.5. The van der Waals surface area contributed by atoms with Gasteiger partial charge in [0, 0.05) is 45.1 Å². The van der Waals surface area contributed by atoms with E-state index in [0.717, 1.165) is 11.3 Å². The zero-order valence-corrected chi connectivity index (χ0v) is 17.8. The molecule has 7 nitrogen and oxygen atoms in total. The fraction of sp³-hybridized carbons (Fsp3) is 0.435. The molecule has 1 spiro atoms. The van der Waals surface area contributed by atoms with Crippen molar-refractivity contribution in [1.29, 1.82) is 0 Å². The molecule has 0 N–H and O–H groups in total. The quantitative estimate of drug-likeness (QED) is 0.731. The lowest BCUT2D eigenvalue weighted by atomic mass is 9.85. The van der Waals surface area contributed by atoms with E-state index in [4.69, 9.17) is 0 Å². The zero-order chi connectivity index (χ0) is 21.5. The number of piperidine rings is 1. The van der Waals surface area contributed by atoms with Gasteiger partial charge < -0.3 is 14.4 Å². The summed E-state index contributed by atoms with van der Waals surface area (Å²) in [5.41, 5.74) is 1.74. The van der Waals surface area contributed by atoms with Gasteiger partial charge >= 0.3 is 6.03 Å². The fourth-order valence-electron chi connectivity index (χ4n) is 4.61. The van der Waals surface area contributed by atoms with Gasteiger partial charge in [-0.2, -0.15) is 0 Å². The summed E-state index contributed by atoms with van der Waals surface area (Å²) in [6, 6.07) is 11.4. The third kappa shape index (κ3) is 3.09. The molecule has 30 heavy (non-hydrogen) atoms. The highest BCUT2D eigenvalue weighted by atomic mass is 16.2. The monoisotopic (exact) mass is 408 g/mol. The van der Waals surface area contributed by atoms with Crippen LogP contribution in [0.1, 0.15) is 41.4 Å². The lowest BCUT2D eigenvalue weighted by Gasteiger charge is -2.42. The number of imide groups is 1. The molecule has 2 aliphatic heterocycles. The van der Waals surface area contributed by atoms with Gasteiger partial charge in [-0.3, -0.25) is 14.5 Å². The topological polar surface area (TPSA) is 65.9 Å². The van der Waals surface area contributed by atoms with Crippen LogP contribution in [-0.2, 0) is 18.4 Å². The molecule has 0 unspecified atom stereocenters. The van der Waals surface area contributed by atoms with E-state index in [9.17, 15) is 14.4 Å². The summed E-state index contributed by atoms with van der Waals surface area (Å²) < 4.78 is 1.93. The first kappa shape index (κ1) is 20.2. The number of benzene rings is 1. The van der Waals surface area contributed by atoms with Crippen LogP contribution in [0.3, 0.4) is 0 Å². The summed E-state index contributed by atoms with van der Waals surface area (Å²) in [6.45, 7) is 5.42. The number of rotatable bonds is 4. The second-order valence-corrected chi connectivity index (χ2v) is 8.15. The molecule has 2 saturated heterocycles. The normalized spacial score (nSPS) is 18.6. The fourth-order valence-corrected chi connectivity index (χ4v) is 4.61. The van der Waals surface area contributed by atoms with E-state index in [2.05, 4.69) is 0 Å². The Morgan fingerprint density at radius 1 is 1.07 bits per heavy atom. The minimum Gasteiger partial charge on any atom is -0.354 e. The van der Waals surface area contributed by atoms with Gasteiger partial charge in [-0.25, -0.2) is 4.79 Å². The molecular formula is C23H28N4O3. The predicted molar refractivity (Wildman–Crippen MR) is 113 cm³/mol. The van der Waals surface area contributed by atoms with Gasteiger partial charge in [0.25, 0.3) is 11.8 Å². The van der Waals surface area contributed by atoms with Gasteiger partial charge in [0.2, 0.25) is 0 Å². The highest BCUT2D eigenvalue weighted by molar-refractivity contribution is 6.07. The van der Waals surface area contributed by atoms with Crippen LogP contribution < -0.4 is 0 Å². The first-order valence-corrected chi connectivity index (χ1v) is 10.5. The number of aromatic nitrogens is 1. The van der Waals surface area contributed by atoms with Gasteiger partial charge in [0.15, 0.2) is 0 Å². The van der Waals surface area contributed by atoms with Crippen LogP contribution in [0.15, 0.2) is 42.6 Å². The molecule has 4 amide bonds. The largest absolute Gasteiger partial charge is 0.354 e. The molecule has 3 heterocycles. The van der Waals surface area contributed by atoms with Crippen molar-refractivity contribution >= 4 is 17.8 Å². The first-order chi connectivity index (χ1) is 14.4. The number of hydrogen-bond donors (Lipinski definition) is 0. The van der Waals surface area contributed by atoms with Gasteiger partial charge in [0.1, 0.15) is 5.54 Å². The van der Waals surface area contributed by atoms with Crippen LogP contribution in [0.2, 0.25) is 0 Å². The molecule has 2 aliphatic rings. The van der Waals surface area contributed by atoms with Crippen LogP contribution in [0.4, 0.5) is 4.79 Å². The standard InChI is InChI=1S/C23H28N4O3/c1-4-26-21(29)23(27(22(26)30)16-18-8-6-5-7-9-18)11-14-25(15-12-23)20(28)19-10-13-24(3)17(19)2/h5-10,13H,4,11-12,14-16H2,1-3H3. The van der Waals surface area contributed by atoms with E-state index in [-0.39, 0.29) is 17.8 Å². The molecule has 1 aromatic heterocycles. The summed E-state index contributed by atoms with van der Waals surface area (Å²) >= 11 is 0. The third-order valence-electron chi connectivity index (χ3n) is 6.61. The highest BCUT2D eigenvalue weighted by Crippen LogP contribution is 2.38. The van der Waals surface area contributed by atoms with E-state index in [1.807, 2.05) is 68.1 Å². The SMILES string of the molecule is CCN1C(=O)N(Cc2ccccc2)C2(CCN(C(=O)c3ccn(C)c3C)CC2)C1=O. The van der Waals surface area contributed by atoms with Crippen LogP contribution >= 0.6 is 0 Å². The van der Waals surface area contributed by atoms with E-state index < -0.39 is 5.54 Å². The Balaban J connectivity index is 1.57. The van der Waals surface area contributed by atoms with Crippen LogP contribution in [0.25, 0.3) is 0 Å². The maximum absolute atomic E-state index is 13.3. The number of carbonyl (C=O) groups excluding carboxylic acids is 3. The Hall–Kier alpha value is -3.09. The molecule has 7 heteroatoms. The summed E-state index contributed by atoms with van der Waals surface area (Å²) in [5, 5.41) is 0. The van der Waals surface area contributed by atoms with E-state index in [0.29, 0.717) is 44.6 Å². The molecule has 0 saturated carbocycles. The maximum atomic E-state index is 13.3. The Bertz CT molecular complexity index is 974. The second-order valence-electron chi connectivity index (χ2n) is 8.15. The lowest BCUT2D eigenvalue weighted by molar-refractivity contribution is -0.135. The van der Waals surface area contributed by atoms with Gasteiger partial charge in [0.05, 0.1) is 5.56 Å². The number of likely N-dealkylation sites (tertiary alicyclic amines) is 1.